The number of hydrogen-bond donors (Lipinski definition) is 1. The van der Waals surface area contributed by atoms with Crippen LogP contribution in [-0.4, -0.2) is 17.7 Å². The Morgan fingerprint density at radius 3 is 2.06 bits per heavy atom. The highest BCUT2D eigenvalue weighted by atomic mass is 16.6. The molecule has 2 atom stereocenters. The molecule has 0 aromatic heterocycles. The van der Waals surface area contributed by atoms with E-state index in [1.54, 1.807) is 0 Å². The van der Waals surface area contributed by atoms with Crippen molar-refractivity contribution in [3.63, 3.8) is 0 Å². The Labute approximate surface area is 106 Å². The summed E-state index contributed by atoms with van der Waals surface area (Å²) < 4.78 is 5.21. The third kappa shape index (κ3) is 9.02. The molecule has 0 aliphatic rings. The van der Waals surface area contributed by atoms with E-state index in [0.717, 1.165) is 12.8 Å². The van der Waals surface area contributed by atoms with Gasteiger partial charge in [-0.25, -0.2) is 4.79 Å². The summed E-state index contributed by atoms with van der Waals surface area (Å²) >= 11 is 0. The first kappa shape index (κ1) is 16.3. The van der Waals surface area contributed by atoms with Crippen molar-refractivity contribution in [2.24, 2.45) is 11.8 Å². The second kappa shape index (κ2) is 6.87. The van der Waals surface area contributed by atoms with Crippen LogP contribution in [-0.2, 0) is 4.74 Å². The first-order valence-electron chi connectivity index (χ1n) is 6.61. The van der Waals surface area contributed by atoms with Gasteiger partial charge in [-0.15, -0.1) is 0 Å². The summed E-state index contributed by atoms with van der Waals surface area (Å²) in [6, 6.07) is 0.172. The predicted molar refractivity (Wildman–Crippen MR) is 72.1 cm³/mol. The number of carbonyl (C=O) groups excluding carboxylic acids is 1. The minimum Gasteiger partial charge on any atom is -0.444 e. The van der Waals surface area contributed by atoms with Gasteiger partial charge in [0.25, 0.3) is 0 Å². The Kier molecular flexibility index (Phi) is 6.58. The summed E-state index contributed by atoms with van der Waals surface area (Å²) in [4.78, 5) is 11.5. The lowest BCUT2D eigenvalue weighted by molar-refractivity contribution is 0.0504. The zero-order valence-corrected chi connectivity index (χ0v) is 12.5. The van der Waals surface area contributed by atoms with Gasteiger partial charge < -0.3 is 10.1 Å². The van der Waals surface area contributed by atoms with Gasteiger partial charge in [0.1, 0.15) is 5.60 Å². The van der Waals surface area contributed by atoms with Crippen molar-refractivity contribution in [3.05, 3.63) is 0 Å². The van der Waals surface area contributed by atoms with Crippen molar-refractivity contribution in [2.45, 2.75) is 73.0 Å². The molecule has 0 aromatic carbocycles. The number of nitrogens with one attached hydrogen (secondary N) is 1. The molecule has 0 radical (unpaired) electrons. The fourth-order valence-electron chi connectivity index (χ4n) is 1.43. The third-order valence-corrected chi connectivity index (χ3v) is 2.96. The van der Waals surface area contributed by atoms with Gasteiger partial charge in [-0.1, -0.05) is 20.8 Å². The van der Waals surface area contributed by atoms with E-state index in [2.05, 4.69) is 26.1 Å². The monoisotopic (exact) mass is 243 g/mol. The van der Waals surface area contributed by atoms with Crippen LogP contribution >= 0.6 is 0 Å². The maximum atomic E-state index is 11.5. The second-order valence-corrected chi connectivity index (χ2v) is 6.35. The summed E-state index contributed by atoms with van der Waals surface area (Å²) in [5, 5.41) is 2.87. The second-order valence-electron chi connectivity index (χ2n) is 6.35. The van der Waals surface area contributed by atoms with E-state index < -0.39 is 5.60 Å². The molecule has 3 heteroatoms. The van der Waals surface area contributed by atoms with E-state index in [4.69, 9.17) is 4.74 Å². The van der Waals surface area contributed by atoms with Gasteiger partial charge in [0, 0.05) is 6.04 Å². The van der Waals surface area contributed by atoms with Crippen LogP contribution in [0, 0.1) is 11.8 Å². The molecule has 2 unspecified atom stereocenters. The van der Waals surface area contributed by atoms with E-state index in [0.29, 0.717) is 11.8 Å². The molecular formula is C14H29NO2. The molecule has 0 aromatic rings. The topological polar surface area (TPSA) is 38.3 Å². The molecule has 17 heavy (non-hydrogen) atoms. The molecule has 102 valence electrons. The maximum absolute atomic E-state index is 11.5. The average Bonchev–Trinajstić information content (AvgIpc) is 2.10. The van der Waals surface area contributed by atoms with Crippen molar-refractivity contribution in [1.29, 1.82) is 0 Å². The minimum atomic E-state index is -0.422. The van der Waals surface area contributed by atoms with Crippen LogP contribution in [0.15, 0.2) is 0 Å². The van der Waals surface area contributed by atoms with Crippen molar-refractivity contribution in [1.82, 2.24) is 5.32 Å². The lowest BCUT2D eigenvalue weighted by atomic mass is 9.92. The molecule has 1 amide bonds. The molecule has 3 nitrogen and oxygen atoms in total. The van der Waals surface area contributed by atoms with Gasteiger partial charge in [0.05, 0.1) is 0 Å². The largest absolute Gasteiger partial charge is 0.444 e. The third-order valence-electron chi connectivity index (χ3n) is 2.96. The van der Waals surface area contributed by atoms with Crippen LogP contribution in [0.1, 0.15) is 61.3 Å². The van der Waals surface area contributed by atoms with Crippen LogP contribution in [0.2, 0.25) is 0 Å². The van der Waals surface area contributed by atoms with Gasteiger partial charge in [0.2, 0.25) is 0 Å². The van der Waals surface area contributed by atoms with Crippen molar-refractivity contribution < 1.29 is 9.53 Å². The standard InChI is InChI=1S/C14H29NO2/c1-10(2)11(3)8-9-12(4)15-13(16)17-14(5,6)7/h10-12H,8-9H2,1-7H3,(H,15,16). The zero-order chi connectivity index (χ0) is 13.6. The molecule has 0 saturated carbocycles. The van der Waals surface area contributed by atoms with Gasteiger partial charge in [-0.05, 0) is 52.4 Å². The molecule has 0 saturated heterocycles. The number of carbonyl (C=O) groups is 1. The number of rotatable bonds is 5. The van der Waals surface area contributed by atoms with Crippen LogP contribution in [0.3, 0.4) is 0 Å². The number of ether oxygens (including phenoxy) is 1. The molecular weight excluding hydrogens is 214 g/mol. The van der Waals surface area contributed by atoms with E-state index in [9.17, 15) is 4.79 Å². The molecule has 0 spiro atoms. The fourth-order valence-corrected chi connectivity index (χ4v) is 1.43. The Bertz CT molecular complexity index is 231. The van der Waals surface area contributed by atoms with Crippen LogP contribution in [0.4, 0.5) is 4.79 Å². The maximum Gasteiger partial charge on any atom is 0.407 e. The first-order chi connectivity index (χ1) is 7.61. The number of alkyl carbamates (subject to hydrolysis) is 1. The van der Waals surface area contributed by atoms with E-state index in [1.165, 1.54) is 0 Å². The zero-order valence-electron chi connectivity index (χ0n) is 12.5. The normalized spacial score (nSPS) is 15.5. The van der Waals surface area contributed by atoms with E-state index >= 15 is 0 Å². The summed E-state index contributed by atoms with van der Waals surface area (Å²) in [5.74, 6) is 1.39. The Hall–Kier alpha value is -0.730. The minimum absolute atomic E-state index is 0.172. The molecule has 0 aliphatic carbocycles. The Morgan fingerprint density at radius 1 is 1.12 bits per heavy atom. The summed E-state index contributed by atoms with van der Waals surface area (Å²) in [6.07, 6.45) is 1.81. The van der Waals surface area contributed by atoms with E-state index in [-0.39, 0.29) is 12.1 Å². The van der Waals surface area contributed by atoms with Crippen LogP contribution < -0.4 is 5.32 Å². The summed E-state index contributed by atoms with van der Waals surface area (Å²) in [5.41, 5.74) is -0.422. The van der Waals surface area contributed by atoms with Crippen molar-refractivity contribution in [3.8, 4) is 0 Å². The molecule has 0 fully saturated rings. The van der Waals surface area contributed by atoms with Gasteiger partial charge >= 0.3 is 6.09 Å². The highest BCUT2D eigenvalue weighted by molar-refractivity contribution is 5.67. The van der Waals surface area contributed by atoms with Crippen molar-refractivity contribution >= 4 is 6.09 Å². The van der Waals surface area contributed by atoms with Gasteiger partial charge in [-0.3, -0.25) is 0 Å². The van der Waals surface area contributed by atoms with E-state index in [1.807, 2.05) is 27.7 Å². The Balaban J connectivity index is 3.86. The lowest BCUT2D eigenvalue weighted by Crippen LogP contribution is -2.37. The highest BCUT2D eigenvalue weighted by Crippen LogP contribution is 2.17. The molecule has 0 heterocycles. The quantitative estimate of drug-likeness (QED) is 0.793. The molecule has 0 rings (SSSR count). The molecule has 1 N–H and O–H groups in total. The van der Waals surface area contributed by atoms with Crippen LogP contribution in [0.25, 0.3) is 0 Å². The van der Waals surface area contributed by atoms with Gasteiger partial charge in [-0.2, -0.15) is 0 Å². The van der Waals surface area contributed by atoms with Crippen molar-refractivity contribution in [2.75, 3.05) is 0 Å². The fraction of sp³-hybridized carbons (Fsp3) is 0.929. The first-order valence-corrected chi connectivity index (χ1v) is 6.61. The SMILES string of the molecule is CC(CCC(C)C(C)C)NC(=O)OC(C)(C)C. The molecule has 0 aliphatic heterocycles. The Morgan fingerprint density at radius 2 is 1.65 bits per heavy atom. The summed E-state index contributed by atoms with van der Waals surface area (Å²) in [6.45, 7) is 14.4. The number of amides is 1. The average molecular weight is 243 g/mol. The number of hydrogen-bond acceptors (Lipinski definition) is 2. The van der Waals surface area contributed by atoms with Gasteiger partial charge in [0.15, 0.2) is 0 Å². The van der Waals surface area contributed by atoms with Crippen LogP contribution in [0.5, 0.6) is 0 Å². The lowest BCUT2D eigenvalue weighted by Gasteiger charge is -2.23. The smallest absolute Gasteiger partial charge is 0.407 e. The molecule has 0 bridgehead atoms. The summed E-state index contributed by atoms with van der Waals surface area (Å²) in [7, 11) is 0. The highest BCUT2D eigenvalue weighted by Gasteiger charge is 2.18. The predicted octanol–water partition coefficient (Wildman–Crippen LogP) is 3.97.